The second-order valence-corrected chi connectivity index (χ2v) is 4.47. The first-order chi connectivity index (χ1) is 9.65. The minimum Gasteiger partial charge on any atom is -0.493 e. The summed E-state index contributed by atoms with van der Waals surface area (Å²) in [5.41, 5.74) is 0.668. The Morgan fingerprint density at radius 1 is 1.45 bits per heavy atom. The molecule has 0 spiro atoms. The SMILES string of the molecule is COc1ccnc(CN2CCOC(C(F)F)C2)c1OC. The van der Waals surface area contributed by atoms with Crippen LogP contribution in [0.25, 0.3) is 0 Å². The number of aromatic nitrogens is 1. The third kappa shape index (κ3) is 3.34. The van der Waals surface area contributed by atoms with Crippen molar-refractivity contribution in [3.8, 4) is 11.5 Å². The van der Waals surface area contributed by atoms with Crippen molar-refractivity contribution in [1.82, 2.24) is 9.88 Å². The third-order valence-corrected chi connectivity index (χ3v) is 3.20. The summed E-state index contributed by atoms with van der Waals surface area (Å²) in [6.45, 7) is 1.49. The van der Waals surface area contributed by atoms with Crippen LogP contribution in [0.2, 0.25) is 0 Å². The summed E-state index contributed by atoms with van der Waals surface area (Å²) >= 11 is 0. The number of alkyl halides is 2. The van der Waals surface area contributed by atoms with Crippen molar-refractivity contribution in [2.45, 2.75) is 19.1 Å². The largest absolute Gasteiger partial charge is 0.493 e. The van der Waals surface area contributed by atoms with Crippen LogP contribution in [-0.4, -0.2) is 56.3 Å². The van der Waals surface area contributed by atoms with E-state index in [9.17, 15) is 8.78 Å². The van der Waals surface area contributed by atoms with Gasteiger partial charge in [-0.25, -0.2) is 8.78 Å². The van der Waals surface area contributed by atoms with E-state index in [0.29, 0.717) is 36.9 Å². The Labute approximate surface area is 116 Å². The number of morpholine rings is 1. The number of ether oxygens (including phenoxy) is 3. The number of methoxy groups -OCH3 is 2. The van der Waals surface area contributed by atoms with E-state index in [-0.39, 0.29) is 6.54 Å². The molecule has 112 valence electrons. The summed E-state index contributed by atoms with van der Waals surface area (Å²) in [6.07, 6.45) is -1.90. The summed E-state index contributed by atoms with van der Waals surface area (Å²) in [5, 5.41) is 0. The molecule has 1 aliphatic rings. The highest BCUT2D eigenvalue weighted by atomic mass is 19.3. The van der Waals surface area contributed by atoms with E-state index in [2.05, 4.69) is 4.98 Å². The normalized spacial score (nSPS) is 20.1. The van der Waals surface area contributed by atoms with E-state index < -0.39 is 12.5 Å². The molecule has 0 aliphatic carbocycles. The van der Waals surface area contributed by atoms with Gasteiger partial charge in [-0.2, -0.15) is 0 Å². The van der Waals surface area contributed by atoms with E-state index in [1.54, 1.807) is 19.4 Å². The maximum absolute atomic E-state index is 12.7. The van der Waals surface area contributed by atoms with Crippen molar-refractivity contribution >= 4 is 0 Å². The number of pyridine rings is 1. The lowest BCUT2D eigenvalue weighted by Crippen LogP contribution is -2.45. The molecular weight excluding hydrogens is 270 g/mol. The van der Waals surface area contributed by atoms with Gasteiger partial charge in [-0.05, 0) is 0 Å². The highest BCUT2D eigenvalue weighted by molar-refractivity contribution is 5.42. The lowest BCUT2D eigenvalue weighted by atomic mass is 10.2. The van der Waals surface area contributed by atoms with Crippen LogP contribution in [0.15, 0.2) is 12.3 Å². The molecule has 5 nitrogen and oxygen atoms in total. The van der Waals surface area contributed by atoms with Crippen LogP contribution in [0.1, 0.15) is 5.69 Å². The maximum Gasteiger partial charge on any atom is 0.265 e. The molecule has 0 amide bonds. The van der Waals surface area contributed by atoms with Gasteiger partial charge < -0.3 is 14.2 Å². The zero-order valence-corrected chi connectivity index (χ0v) is 11.5. The van der Waals surface area contributed by atoms with Gasteiger partial charge in [0.15, 0.2) is 11.5 Å². The predicted octanol–water partition coefficient (Wildman–Crippen LogP) is 1.56. The van der Waals surface area contributed by atoms with Gasteiger partial charge in [-0.3, -0.25) is 9.88 Å². The van der Waals surface area contributed by atoms with E-state index in [4.69, 9.17) is 14.2 Å². The summed E-state index contributed by atoms with van der Waals surface area (Å²) in [6, 6.07) is 1.70. The molecule has 0 N–H and O–H groups in total. The van der Waals surface area contributed by atoms with Gasteiger partial charge in [0.2, 0.25) is 0 Å². The summed E-state index contributed by atoms with van der Waals surface area (Å²) in [4.78, 5) is 6.13. The van der Waals surface area contributed by atoms with Crippen LogP contribution in [0.3, 0.4) is 0 Å². The molecule has 0 bridgehead atoms. The van der Waals surface area contributed by atoms with Gasteiger partial charge in [-0.15, -0.1) is 0 Å². The van der Waals surface area contributed by atoms with Gasteiger partial charge in [0.25, 0.3) is 6.43 Å². The Morgan fingerprint density at radius 2 is 2.25 bits per heavy atom. The Balaban J connectivity index is 2.09. The van der Waals surface area contributed by atoms with Gasteiger partial charge in [0, 0.05) is 31.9 Å². The fraction of sp³-hybridized carbons (Fsp3) is 0.615. The van der Waals surface area contributed by atoms with Crippen LogP contribution < -0.4 is 9.47 Å². The van der Waals surface area contributed by atoms with Crippen molar-refractivity contribution < 1.29 is 23.0 Å². The Bertz CT molecular complexity index is 446. The number of hydrogen-bond acceptors (Lipinski definition) is 5. The summed E-state index contributed by atoms with van der Waals surface area (Å²) < 4.78 is 40.9. The molecule has 0 radical (unpaired) electrons. The molecule has 7 heteroatoms. The number of halogens is 2. The summed E-state index contributed by atoms with van der Waals surface area (Å²) in [7, 11) is 3.08. The van der Waals surface area contributed by atoms with E-state index in [1.807, 2.05) is 4.90 Å². The number of nitrogens with zero attached hydrogens (tertiary/aromatic N) is 2. The minimum atomic E-state index is -2.47. The van der Waals surface area contributed by atoms with Crippen molar-refractivity contribution in [3.05, 3.63) is 18.0 Å². The summed E-state index contributed by atoms with van der Waals surface area (Å²) in [5.74, 6) is 1.12. The second kappa shape index (κ2) is 6.81. The van der Waals surface area contributed by atoms with Crippen LogP contribution in [0.4, 0.5) is 8.78 Å². The number of hydrogen-bond donors (Lipinski definition) is 0. The van der Waals surface area contributed by atoms with E-state index in [1.165, 1.54) is 7.11 Å². The van der Waals surface area contributed by atoms with Gasteiger partial charge in [0.05, 0.1) is 20.8 Å². The maximum atomic E-state index is 12.7. The lowest BCUT2D eigenvalue weighted by Gasteiger charge is -2.32. The first-order valence-corrected chi connectivity index (χ1v) is 6.33. The first kappa shape index (κ1) is 14.9. The Morgan fingerprint density at radius 3 is 2.90 bits per heavy atom. The lowest BCUT2D eigenvalue weighted by molar-refractivity contribution is -0.104. The fourth-order valence-corrected chi connectivity index (χ4v) is 2.20. The topological polar surface area (TPSA) is 43.8 Å². The molecule has 0 saturated carbocycles. The van der Waals surface area contributed by atoms with Crippen molar-refractivity contribution in [3.63, 3.8) is 0 Å². The Hall–Kier alpha value is -1.47. The molecule has 1 aliphatic heterocycles. The molecule has 1 fully saturated rings. The molecule has 1 aromatic rings. The number of rotatable bonds is 5. The first-order valence-electron chi connectivity index (χ1n) is 6.33. The predicted molar refractivity (Wildman–Crippen MR) is 68.4 cm³/mol. The second-order valence-electron chi connectivity index (χ2n) is 4.47. The average Bonchev–Trinajstić information content (AvgIpc) is 2.47. The van der Waals surface area contributed by atoms with Crippen LogP contribution in [0, 0.1) is 0 Å². The monoisotopic (exact) mass is 288 g/mol. The smallest absolute Gasteiger partial charge is 0.265 e. The zero-order chi connectivity index (χ0) is 14.5. The van der Waals surface area contributed by atoms with Crippen LogP contribution >= 0.6 is 0 Å². The van der Waals surface area contributed by atoms with Gasteiger partial charge in [0.1, 0.15) is 11.8 Å². The molecule has 20 heavy (non-hydrogen) atoms. The molecule has 1 saturated heterocycles. The average molecular weight is 288 g/mol. The molecule has 1 aromatic heterocycles. The van der Waals surface area contributed by atoms with Gasteiger partial charge in [-0.1, -0.05) is 0 Å². The molecule has 0 aromatic carbocycles. The van der Waals surface area contributed by atoms with Crippen molar-refractivity contribution in [1.29, 1.82) is 0 Å². The van der Waals surface area contributed by atoms with E-state index >= 15 is 0 Å². The van der Waals surface area contributed by atoms with Crippen LogP contribution in [0.5, 0.6) is 11.5 Å². The highest BCUT2D eigenvalue weighted by Crippen LogP contribution is 2.30. The molecule has 1 unspecified atom stereocenters. The highest BCUT2D eigenvalue weighted by Gasteiger charge is 2.28. The quantitative estimate of drug-likeness (QED) is 0.823. The standard InChI is InChI=1S/C13H18F2N2O3/c1-18-10-3-4-16-9(12(10)19-2)7-17-5-6-20-11(8-17)13(14)15/h3-4,11,13H,5-8H2,1-2H3. The van der Waals surface area contributed by atoms with Crippen molar-refractivity contribution in [2.75, 3.05) is 33.9 Å². The minimum absolute atomic E-state index is 0.180. The molecule has 2 rings (SSSR count). The van der Waals surface area contributed by atoms with Crippen molar-refractivity contribution in [2.24, 2.45) is 0 Å². The Kier molecular flexibility index (Phi) is 5.08. The van der Waals surface area contributed by atoms with Crippen LogP contribution in [-0.2, 0) is 11.3 Å². The zero-order valence-electron chi connectivity index (χ0n) is 11.5. The van der Waals surface area contributed by atoms with Gasteiger partial charge >= 0.3 is 0 Å². The molecule has 1 atom stereocenters. The fourth-order valence-electron chi connectivity index (χ4n) is 2.20. The third-order valence-electron chi connectivity index (χ3n) is 3.20. The molecular formula is C13H18F2N2O3. The molecule has 2 heterocycles. The van der Waals surface area contributed by atoms with E-state index in [0.717, 1.165) is 0 Å².